The molecule has 0 saturated carbocycles. The summed E-state index contributed by atoms with van der Waals surface area (Å²) >= 11 is 0. The third-order valence-electron chi connectivity index (χ3n) is 6.55. The van der Waals surface area contributed by atoms with Gasteiger partial charge in [-0.3, -0.25) is 4.90 Å². The molecule has 0 aliphatic carbocycles. The van der Waals surface area contributed by atoms with Crippen molar-refractivity contribution in [3.05, 3.63) is 54.6 Å². The zero-order chi connectivity index (χ0) is 21.8. The summed E-state index contributed by atoms with van der Waals surface area (Å²) in [6.07, 6.45) is 1.88. The molecule has 0 unspecified atom stereocenters. The fraction of sp³-hybridized carbons (Fsp3) is 0.500. The Bertz CT molecular complexity index is 949. The summed E-state index contributed by atoms with van der Waals surface area (Å²) in [4.78, 5) is 7.57. The van der Waals surface area contributed by atoms with Crippen LogP contribution in [-0.4, -0.2) is 77.5 Å². The van der Waals surface area contributed by atoms with E-state index < -0.39 is 10.0 Å². The van der Waals surface area contributed by atoms with E-state index in [2.05, 4.69) is 53.1 Å². The average Bonchev–Trinajstić information content (AvgIpc) is 2.80. The molecule has 2 aliphatic heterocycles. The van der Waals surface area contributed by atoms with Crippen molar-refractivity contribution in [2.24, 2.45) is 5.92 Å². The Kier molecular flexibility index (Phi) is 6.84. The van der Waals surface area contributed by atoms with E-state index in [1.165, 1.54) is 11.4 Å². The van der Waals surface area contributed by atoms with Gasteiger partial charge in [-0.2, -0.15) is 4.31 Å². The Morgan fingerprint density at radius 1 is 0.871 bits per heavy atom. The molecule has 2 heterocycles. The van der Waals surface area contributed by atoms with Crippen molar-refractivity contribution in [1.29, 1.82) is 0 Å². The van der Waals surface area contributed by atoms with Gasteiger partial charge in [-0.25, -0.2) is 8.42 Å². The van der Waals surface area contributed by atoms with Crippen LogP contribution in [-0.2, 0) is 10.0 Å². The van der Waals surface area contributed by atoms with E-state index in [-0.39, 0.29) is 0 Å². The van der Waals surface area contributed by atoms with Gasteiger partial charge in [0.25, 0.3) is 0 Å². The maximum absolute atomic E-state index is 12.8. The maximum Gasteiger partial charge on any atom is 0.243 e. The fourth-order valence-electron chi connectivity index (χ4n) is 4.60. The number of hydrogen-bond donors (Lipinski definition) is 0. The summed E-state index contributed by atoms with van der Waals surface area (Å²) in [6, 6.07) is 17.5. The molecule has 0 atom stereocenters. The third kappa shape index (κ3) is 5.22. The van der Waals surface area contributed by atoms with Crippen LogP contribution in [0.1, 0.15) is 12.8 Å². The predicted molar refractivity (Wildman–Crippen MR) is 127 cm³/mol. The number of benzene rings is 2. The van der Waals surface area contributed by atoms with Gasteiger partial charge in [0, 0.05) is 71.3 Å². The lowest BCUT2D eigenvalue weighted by atomic mass is 9.97. The summed E-state index contributed by atoms with van der Waals surface area (Å²) in [6.45, 7) is 6.53. The van der Waals surface area contributed by atoms with Crippen molar-refractivity contribution >= 4 is 21.4 Å². The summed E-state index contributed by atoms with van der Waals surface area (Å²) in [5, 5.41) is 0. The molecule has 2 fully saturated rings. The number of piperazine rings is 1. The van der Waals surface area contributed by atoms with Gasteiger partial charge in [0.1, 0.15) is 0 Å². The second-order valence-electron chi connectivity index (χ2n) is 8.86. The van der Waals surface area contributed by atoms with Crippen molar-refractivity contribution in [1.82, 2.24) is 9.21 Å². The molecular formula is C24H34N4O2S. The lowest BCUT2D eigenvalue weighted by Gasteiger charge is -2.39. The van der Waals surface area contributed by atoms with E-state index in [0.29, 0.717) is 23.9 Å². The second kappa shape index (κ2) is 9.59. The molecule has 2 aliphatic rings. The first-order valence-corrected chi connectivity index (χ1v) is 12.7. The summed E-state index contributed by atoms with van der Waals surface area (Å²) < 4.78 is 27.3. The molecule has 2 aromatic rings. The van der Waals surface area contributed by atoms with E-state index in [4.69, 9.17) is 0 Å². The van der Waals surface area contributed by atoms with Crippen LogP contribution in [0.3, 0.4) is 0 Å². The predicted octanol–water partition coefficient (Wildman–Crippen LogP) is 2.98. The quantitative estimate of drug-likeness (QED) is 0.688. The van der Waals surface area contributed by atoms with E-state index in [9.17, 15) is 8.42 Å². The van der Waals surface area contributed by atoms with Crippen LogP contribution < -0.4 is 9.80 Å². The number of nitrogens with zero attached hydrogens (tertiary/aromatic N) is 4. The van der Waals surface area contributed by atoms with Crippen LogP contribution in [0.25, 0.3) is 0 Å². The Morgan fingerprint density at radius 3 is 2.19 bits per heavy atom. The standard InChI is InChI=1S/C24H34N4O2S/c1-25(2)22-7-6-8-23(19-22)27-17-15-26(16-18-27)20-21-11-13-28(14-12-21)31(29,30)24-9-4-3-5-10-24/h3-10,19,21H,11-18,20H2,1-2H3. The summed E-state index contributed by atoms with van der Waals surface area (Å²) in [5.41, 5.74) is 2.53. The molecule has 7 heteroatoms. The third-order valence-corrected chi connectivity index (χ3v) is 8.47. The molecule has 0 spiro atoms. The van der Waals surface area contributed by atoms with E-state index >= 15 is 0 Å². The van der Waals surface area contributed by atoms with Crippen molar-refractivity contribution < 1.29 is 8.42 Å². The Morgan fingerprint density at radius 2 is 1.55 bits per heavy atom. The van der Waals surface area contributed by atoms with Gasteiger partial charge >= 0.3 is 0 Å². The number of sulfonamides is 1. The normalized spacial score (nSPS) is 19.5. The van der Waals surface area contributed by atoms with Gasteiger partial charge in [-0.1, -0.05) is 24.3 Å². The molecule has 0 N–H and O–H groups in total. The fourth-order valence-corrected chi connectivity index (χ4v) is 6.09. The summed E-state index contributed by atoms with van der Waals surface area (Å²) in [7, 11) is 0.797. The molecule has 0 radical (unpaired) electrons. The summed E-state index contributed by atoms with van der Waals surface area (Å²) in [5.74, 6) is 0.575. The Labute approximate surface area is 187 Å². The molecule has 31 heavy (non-hydrogen) atoms. The maximum atomic E-state index is 12.8. The molecule has 2 saturated heterocycles. The monoisotopic (exact) mass is 442 g/mol. The topological polar surface area (TPSA) is 47.1 Å². The van der Waals surface area contributed by atoms with Crippen LogP contribution >= 0.6 is 0 Å². The zero-order valence-electron chi connectivity index (χ0n) is 18.7. The smallest absolute Gasteiger partial charge is 0.243 e. The zero-order valence-corrected chi connectivity index (χ0v) is 19.5. The van der Waals surface area contributed by atoms with Crippen LogP contribution in [0.2, 0.25) is 0 Å². The average molecular weight is 443 g/mol. The number of hydrogen-bond acceptors (Lipinski definition) is 5. The lowest BCUT2D eigenvalue weighted by molar-refractivity contribution is 0.176. The largest absolute Gasteiger partial charge is 0.378 e. The molecule has 2 aromatic carbocycles. The highest BCUT2D eigenvalue weighted by molar-refractivity contribution is 7.89. The van der Waals surface area contributed by atoms with Crippen molar-refractivity contribution in [2.75, 3.05) is 69.7 Å². The highest BCUT2D eigenvalue weighted by Crippen LogP contribution is 2.26. The Balaban J connectivity index is 1.26. The van der Waals surface area contributed by atoms with Crippen LogP contribution in [0, 0.1) is 5.92 Å². The van der Waals surface area contributed by atoms with Crippen molar-refractivity contribution in [3.63, 3.8) is 0 Å². The van der Waals surface area contributed by atoms with Crippen LogP contribution in [0.5, 0.6) is 0 Å². The van der Waals surface area contributed by atoms with Crippen molar-refractivity contribution in [3.8, 4) is 0 Å². The number of piperidine rings is 1. The number of rotatable bonds is 6. The number of anilines is 2. The van der Waals surface area contributed by atoms with E-state index in [1.54, 1.807) is 28.6 Å². The van der Waals surface area contributed by atoms with E-state index in [1.807, 2.05) is 6.07 Å². The van der Waals surface area contributed by atoms with Gasteiger partial charge in [0.2, 0.25) is 10.0 Å². The van der Waals surface area contributed by atoms with Gasteiger partial charge in [-0.05, 0) is 49.1 Å². The molecular weight excluding hydrogens is 408 g/mol. The molecule has 0 aromatic heterocycles. The van der Waals surface area contributed by atoms with Gasteiger partial charge in [0.15, 0.2) is 0 Å². The molecule has 6 nitrogen and oxygen atoms in total. The first-order valence-electron chi connectivity index (χ1n) is 11.2. The SMILES string of the molecule is CN(C)c1cccc(N2CCN(CC3CCN(S(=O)(=O)c4ccccc4)CC3)CC2)c1. The minimum absolute atomic E-state index is 0.405. The Hall–Kier alpha value is -2.09. The highest BCUT2D eigenvalue weighted by atomic mass is 32.2. The molecule has 4 rings (SSSR count). The first kappa shape index (κ1) is 22.1. The minimum Gasteiger partial charge on any atom is -0.378 e. The van der Waals surface area contributed by atoms with E-state index in [0.717, 1.165) is 45.6 Å². The molecule has 0 amide bonds. The minimum atomic E-state index is -3.36. The first-order chi connectivity index (χ1) is 14.9. The van der Waals surface area contributed by atoms with Gasteiger partial charge < -0.3 is 9.80 Å². The lowest BCUT2D eigenvalue weighted by Crippen LogP contribution is -2.49. The van der Waals surface area contributed by atoms with Crippen LogP contribution in [0.15, 0.2) is 59.5 Å². The van der Waals surface area contributed by atoms with Crippen molar-refractivity contribution in [2.45, 2.75) is 17.7 Å². The molecule has 0 bridgehead atoms. The van der Waals surface area contributed by atoms with Gasteiger partial charge in [0.05, 0.1) is 4.90 Å². The second-order valence-corrected chi connectivity index (χ2v) is 10.8. The molecule has 168 valence electrons. The van der Waals surface area contributed by atoms with Crippen LogP contribution in [0.4, 0.5) is 11.4 Å². The van der Waals surface area contributed by atoms with Gasteiger partial charge in [-0.15, -0.1) is 0 Å². The highest BCUT2D eigenvalue weighted by Gasteiger charge is 2.30.